The summed E-state index contributed by atoms with van der Waals surface area (Å²) in [5, 5.41) is 2.74. The number of para-hydroxylation sites is 1. The molecule has 1 aromatic carbocycles. The van der Waals surface area contributed by atoms with E-state index in [1.165, 1.54) is 0 Å². The number of aromatic amines is 1. The van der Waals surface area contributed by atoms with Gasteiger partial charge in [0.1, 0.15) is 12.1 Å². The van der Waals surface area contributed by atoms with Crippen molar-refractivity contribution in [3.05, 3.63) is 64.6 Å². The van der Waals surface area contributed by atoms with Gasteiger partial charge in [-0.2, -0.15) is 0 Å². The van der Waals surface area contributed by atoms with Crippen molar-refractivity contribution in [3.8, 4) is 0 Å². The maximum absolute atomic E-state index is 12.1. The van der Waals surface area contributed by atoms with E-state index in [1.54, 1.807) is 12.3 Å². The summed E-state index contributed by atoms with van der Waals surface area (Å²) in [5.74, 6) is 1.59. The number of nitrogens with zero attached hydrogens (tertiary/aromatic N) is 1. The molecule has 0 aliphatic heterocycles. The molecule has 3 rings (SSSR count). The molecule has 3 N–H and O–H groups in total. The van der Waals surface area contributed by atoms with E-state index in [0.29, 0.717) is 11.2 Å². The van der Waals surface area contributed by atoms with Crippen molar-refractivity contribution in [1.29, 1.82) is 0 Å². The van der Waals surface area contributed by atoms with Crippen LogP contribution in [0.4, 0.5) is 0 Å². The number of nitrogens with one attached hydrogen (secondary N) is 1. The van der Waals surface area contributed by atoms with Crippen molar-refractivity contribution in [2.75, 3.05) is 0 Å². The quantitative estimate of drug-likeness (QED) is 0.768. The molecule has 0 unspecified atom stereocenters. The predicted molar refractivity (Wildman–Crippen MR) is 79.8 cm³/mol. The first-order chi connectivity index (χ1) is 10.1. The molecule has 21 heavy (non-hydrogen) atoms. The average molecular weight is 284 g/mol. The summed E-state index contributed by atoms with van der Waals surface area (Å²) in [4.78, 5) is 19.5. The van der Waals surface area contributed by atoms with Gasteiger partial charge >= 0.3 is 0 Å². The minimum absolute atomic E-state index is 0.0300. The molecule has 0 amide bonds. The smallest absolute Gasteiger partial charge is 0.258 e. The van der Waals surface area contributed by atoms with Crippen molar-refractivity contribution in [2.45, 2.75) is 25.9 Å². The van der Waals surface area contributed by atoms with Gasteiger partial charge in [-0.3, -0.25) is 4.79 Å². The lowest BCUT2D eigenvalue weighted by Gasteiger charge is -2.14. The lowest BCUT2D eigenvalue weighted by Crippen LogP contribution is -2.85. The van der Waals surface area contributed by atoms with E-state index >= 15 is 0 Å². The molecule has 108 valence electrons. The Balaban J connectivity index is 1.88. The summed E-state index contributed by atoms with van der Waals surface area (Å²) in [6, 6.07) is 11.4. The molecule has 2 aromatic heterocycles. The Labute approximate surface area is 122 Å². The van der Waals surface area contributed by atoms with E-state index in [2.05, 4.69) is 22.2 Å². The highest BCUT2D eigenvalue weighted by atomic mass is 16.3. The topological polar surface area (TPSA) is 75.5 Å². The summed E-state index contributed by atoms with van der Waals surface area (Å²) in [6.45, 7) is 4.08. The first-order valence-corrected chi connectivity index (χ1v) is 7.02. The molecule has 3 aromatic rings. The van der Waals surface area contributed by atoms with E-state index in [9.17, 15) is 4.79 Å². The molecular formula is C16H18N3O2+. The first-order valence-electron chi connectivity index (χ1n) is 7.02. The number of H-pyrrole nitrogens is 1. The van der Waals surface area contributed by atoms with Crippen LogP contribution in [0.25, 0.3) is 10.9 Å². The normalized spacial score (nSPS) is 14.2. The third-order valence-electron chi connectivity index (χ3n) is 3.63. The molecule has 2 atom stereocenters. The minimum Gasteiger partial charge on any atom is -0.463 e. The second-order valence-electron chi connectivity index (χ2n) is 5.25. The monoisotopic (exact) mass is 284 g/mol. The van der Waals surface area contributed by atoms with Crippen molar-refractivity contribution < 1.29 is 9.73 Å². The Morgan fingerprint density at radius 2 is 1.95 bits per heavy atom. The minimum atomic E-state index is -0.0958. The van der Waals surface area contributed by atoms with Crippen LogP contribution in [0.15, 0.2) is 51.9 Å². The Kier molecular flexibility index (Phi) is 3.58. The average Bonchev–Trinajstić information content (AvgIpc) is 3.01. The molecule has 5 heteroatoms. The molecule has 2 heterocycles. The highest BCUT2D eigenvalue weighted by molar-refractivity contribution is 5.77. The van der Waals surface area contributed by atoms with Gasteiger partial charge < -0.3 is 14.7 Å². The summed E-state index contributed by atoms with van der Waals surface area (Å²) in [5.41, 5.74) is 0.628. The van der Waals surface area contributed by atoms with E-state index in [4.69, 9.17) is 4.42 Å². The summed E-state index contributed by atoms with van der Waals surface area (Å²) in [6.07, 6.45) is 1.67. The number of quaternary nitrogens is 1. The van der Waals surface area contributed by atoms with Gasteiger partial charge in [0.2, 0.25) is 0 Å². The molecule has 0 bridgehead atoms. The second-order valence-corrected chi connectivity index (χ2v) is 5.25. The maximum atomic E-state index is 12.1. The fraction of sp³-hybridized carbons (Fsp3) is 0.250. The largest absolute Gasteiger partial charge is 0.463 e. The number of rotatable bonds is 4. The summed E-state index contributed by atoms with van der Waals surface area (Å²) in [7, 11) is 0. The first kappa shape index (κ1) is 13.6. The molecule has 0 saturated carbocycles. The Hall–Kier alpha value is -2.40. The van der Waals surface area contributed by atoms with Crippen molar-refractivity contribution >= 4 is 10.9 Å². The molecular weight excluding hydrogens is 266 g/mol. The van der Waals surface area contributed by atoms with Crippen LogP contribution in [0, 0.1) is 0 Å². The third kappa shape index (κ3) is 2.73. The Morgan fingerprint density at radius 3 is 2.71 bits per heavy atom. The molecule has 0 spiro atoms. The van der Waals surface area contributed by atoms with Crippen LogP contribution >= 0.6 is 0 Å². The highest BCUT2D eigenvalue weighted by Crippen LogP contribution is 2.12. The van der Waals surface area contributed by atoms with Crippen LogP contribution in [-0.2, 0) is 0 Å². The fourth-order valence-electron chi connectivity index (χ4n) is 2.49. The zero-order valence-corrected chi connectivity index (χ0v) is 12.0. The van der Waals surface area contributed by atoms with E-state index in [1.807, 2.05) is 37.3 Å². The zero-order chi connectivity index (χ0) is 14.8. The van der Waals surface area contributed by atoms with Gasteiger partial charge in [0.15, 0.2) is 11.6 Å². The molecule has 0 aliphatic rings. The van der Waals surface area contributed by atoms with Gasteiger partial charge in [-0.1, -0.05) is 12.1 Å². The van der Waals surface area contributed by atoms with Gasteiger partial charge in [-0.15, -0.1) is 0 Å². The number of benzene rings is 1. The SMILES string of the molecule is C[C@@H]([NH2+][C@H](C)c1ccco1)c1nc2ccccc2c(=O)[nH]1. The van der Waals surface area contributed by atoms with Gasteiger partial charge in [-0.05, 0) is 38.1 Å². The van der Waals surface area contributed by atoms with Gasteiger partial charge in [0.05, 0.1) is 17.2 Å². The van der Waals surface area contributed by atoms with Gasteiger partial charge in [0.25, 0.3) is 5.56 Å². The van der Waals surface area contributed by atoms with Crippen LogP contribution in [0.2, 0.25) is 0 Å². The standard InChI is InChI=1S/C16H17N3O2/c1-10(14-8-5-9-21-14)17-11(2)15-18-13-7-4-3-6-12(13)16(20)19-15/h3-11,17H,1-2H3,(H,18,19,20)/p+1/t10-,11-/m1/s1. The molecule has 0 radical (unpaired) electrons. The third-order valence-corrected chi connectivity index (χ3v) is 3.63. The van der Waals surface area contributed by atoms with E-state index in [0.717, 1.165) is 11.3 Å². The van der Waals surface area contributed by atoms with Crippen LogP contribution in [-0.4, -0.2) is 9.97 Å². The lowest BCUT2D eigenvalue weighted by molar-refractivity contribution is -0.731. The van der Waals surface area contributed by atoms with Crippen molar-refractivity contribution in [1.82, 2.24) is 9.97 Å². The molecule has 5 nitrogen and oxygen atoms in total. The number of aromatic nitrogens is 2. The molecule has 0 aliphatic carbocycles. The van der Waals surface area contributed by atoms with Crippen LogP contribution in [0.5, 0.6) is 0 Å². The fourth-order valence-corrected chi connectivity index (χ4v) is 2.49. The number of hydrogen-bond donors (Lipinski definition) is 2. The van der Waals surface area contributed by atoms with Gasteiger partial charge in [-0.25, -0.2) is 4.98 Å². The molecule has 0 saturated heterocycles. The molecule has 0 fully saturated rings. The van der Waals surface area contributed by atoms with E-state index in [-0.39, 0.29) is 17.6 Å². The lowest BCUT2D eigenvalue weighted by atomic mass is 10.2. The predicted octanol–water partition coefficient (Wildman–Crippen LogP) is 1.90. The second kappa shape index (κ2) is 5.54. The van der Waals surface area contributed by atoms with Crippen LogP contribution in [0.3, 0.4) is 0 Å². The van der Waals surface area contributed by atoms with E-state index < -0.39 is 0 Å². The van der Waals surface area contributed by atoms with Crippen molar-refractivity contribution in [2.24, 2.45) is 0 Å². The number of nitrogens with two attached hydrogens (primary N) is 1. The number of hydrogen-bond acceptors (Lipinski definition) is 3. The Bertz CT molecular complexity index is 793. The van der Waals surface area contributed by atoms with Crippen LogP contribution in [0.1, 0.15) is 37.5 Å². The number of furan rings is 1. The zero-order valence-electron chi connectivity index (χ0n) is 12.0. The van der Waals surface area contributed by atoms with Crippen LogP contribution < -0.4 is 10.9 Å². The number of fused-ring (bicyclic) bond motifs is 1. The summed E-state index contributed by atoms with van der Waals surface area (Å²) >= 11 is 0. The Morgan fingerprint density at radius 1 is 1.14 bits per heavy atom. The maximum Gasteiger partial charge on any atom is 0.258 e. The van der Waals surface area contributed by atoms with Gasteiger partial charge in [0, 0.05) is 0 Å². The highest BCUT2D eigenvalue weighted by Gasteiger charge is 2.19. The summed E-state index contributed by atoms with van der Waals surface area (Å²) < 4.78 is 5.40. The van der Waals surface area contributed by atoms with Crippen molar-refractivity contribution in [3.63, 3.8) is 0 Å².